The molecule has 3 rings (SSSR count). The number of nitrogens with zero attached hydrogens (tertiary/aromatic N) is 3. The third-order valence-corrected chi connectivity index (χ3v) is 3.25. The molecule has 3 aromatic rings. The summed E-state index contributed by atoms with van der Waals surface area (Å²) in [5, 5.41) is 8.31. The second-order valence-electron chi connectivity index (χ2n) is 3.72. The molecule has 17 heavy (non-hydrogen) atoms. The fourth-order valence-corrected chi connectivity index (χ4v) is 2.06. The molecule has 0 amide bonds. The highest BCUT2D eigenvalue weighted by atomic mass is 127. The van der Waals surface area contributed by atoms with Crippen LogP contribution in [0.25, 0.3) is 17.0 Å². The van der Waals surface area contributed by atoms with Gasteiger partial charge >= 0.3 is 0 Å². The van der Waals surface area contributed by atoms with Crippen LogP contribution < -0.4 is 5.73 Å². The molecule has 84 valence electrons. The Hall–Kier alpha value is -1.63. The first-order chi connectivity index (χ1) is 8.24. The molecule has 0 spiro atoms. The first kappa shape index (κ1) is 10.5. The number of nitrogen functional groups attached to an aromatic ring is 1. The second-order valence-corrected chi connectivity index (χ2v) is 4.97. The van der Waals surface area contributed by atoms with E-state index < -0.39 is 0 Å². The van der Waals surface area contributed by atoms with Crippen molar-refractivity contribution in [3.8, 4) is 11.4 Å². The van der Waals surface area contributed by atoms with Gasteiger partial charge in [-0.15, -0.1) is 10.2 Å². The van der Waals surface area contributed by atoms with Gasteiger partial charge in [-0.1, -0.05) is 12.1 Å². The predicted octanol–water partition coefficient (Wildman–Crippen LogP) is 2.58. The predicted molar refractivity (Wildman–Crippen MR) is 75.6 cm³/mol. The maximum absolute atomic E-state index is 5.78. The Morgan fingerprint density at radius 2 is 1.76 bits per heavy atom. The van der Waals surface area contributed by atoms with Gasteiger partial charge in [0.15, 0.2) is 11.5 Å². The van der Waals surface area contributed by atoms with Crippen LogP contribution in [0, 0.1) is 3.57 Å². The fraction of sp³-hybridized carbons (Fsp3) is 0. The minimum Gasteiger partial charge on any atom is -0.398 e. The van der Waals surface area contributed by atoms with Gasteiger partial charge in [-0.3, -0.25) is 4.40 Å². The molecule has 0 atom stereocenters. The molecule has 1 aromatic carbocycles. The summed E-state index contributed by atoms with van der Waals surface area (Å²) >= 11 is 2.27. The molecule has 0 unspecified atom stereocenters. The molecule has 2 N–H and O–H groups in total. The second kappa shape index (κ2) is 3.99. The Morgan fingerprint density at radius 3 is 2.53 bits per heavy atom. The number of nitrogens with two attached hydrogens (primary N) is 1. The van der Waals surface area contributed by atoms with Gasteiger partial charge in [-0.2, -0.15) is 0 Å². The van der Waals surface area contributed by atoms with E-state index in [1.54, 1.807) is 0 Å². The quantitative estimate of drug-likeness (QED) is 0.695. The molecule has 2 aromatic heterocycles. The maximum atomic E-state index is 5.78. The molecule has 2 heterocycles. The Kier molecular flexibility index (Phi) is 2.47. The van der Waals surface area contributed by atoms with Crippen molar-refractivity contribution in [2.75, 3.05) is 5.73 Å². The summed E-state index contributed by atoms with van der Waals surface area (Å²) in [5.41, 5.74) is 8.30. The lowest BCUT2D eigenvalue weighted by molar-refractivity contribution is 1.11. The van der Waals surface area contributed by atoms with E-state index in [2.05, 4.69) is 32.8 Å². The number of hydrogen-bond acceptors (Lipinski definition) is 3. The lowest BCUT2D eigenvalue weighted by Crippen LogP contribution is -1.92. The normalized spacial score (nSPS) is 10.9. The van der Waals surface area contributed by atoms with Crippen LogP contribution in [0.4, 0.5) is 5.69 Å². The first-order valence-electron chi connectivity index (χ1n) is 5.10. The van der Waals surface area contributed by atoms with Gasteiger partial charge in [0.1, 0.15) is 0 Å². The topological polar surface area (TPSA) is 56.2 Å². The molecule has 0 radical (unpaired) electrons. The van der Waals surface area contributed by atoms with Crippen molar-refractivity contribution in [2.45, 2.75) is 0 Å². The lowest BCUT2D eigenvalue weighted by atomic mass is 10.2. The molecule has 0 aliphatic carbocycles. The van der Waals surface area contributed by atoms with Crippen molar-refractivity contribution in [1.82, 2.24) is 14.6 Å². The van der Waals surface area contributed by atoms with Crippen LogP contribution in [-0.2, 0) is 0 Å². The van der Waals surface area contributed by atoms with Gasteiger partial charge in [0.2, 0.25) is 0 Å². The van der Waals surface area contributed by atoms with E-state index in [1.807, 2.05) is 47.0 Å². The Bertz CT molecular complexity index is 673. The van der Waals surface area contributed by atoms with Gasteiger partial charge in [-0.05, 0) is 46.9 Å². The zero-order valence-corrected chi connectivity index (χ0v) is 11.0. The van der Waals surface area contributed by atoms with E-state index in [1.165, 1.54) is 3.57 Å². The highest BCUT2D eigenvalue weighted by molar-refractivity contribution is 14.1. The fourth-order valence-electron chi connectivity index (χ4n) is 1.70. The number of hydrogen-bond donors (Lipinski definition) is 1. The SMILES string of the molecule is Nc1ccc2nnc(-c3ccc(I)cc3)n2c1. The van der Waals surface area contributed by atoms with Crippen LogP contribution >= 0.6 is 22.6 Å². The number of anilines is 1. The van der Waals surface area contributed by atoms with Crippen molar-refractivity contribution < 1.29 is 0 Å². The van der Waals surface area contributed by atoms with E-state index in [0.29, 0.717) is 5.69 Å². The summed E-state index contributed by atoms with van der Waals surface area (Å²) in [6.07, 6.45) is 1.84. The Morgan fingerprint density at radius 1 is 1.00 bits per heavy atom. The number of pyridine rings is 1. The highest BCUT2D eigenvalue weighted by Gasteiger charge is 2.07. The number of aromatic nitrogens is 3. The zero-order chi connectivity index (χ0) is 11.8. The average Bonchev–Trinajstić information content (AvgIpc) is 2.73. The van der Waals surface area contributed by atoms with Gasteiger partial charge < -0.3 is 5.73 Å². The van der Waals surface area contributed by atoms with E-state index in [4.69, 9.17) is 5.73 Å². The Balaban J connectivity index is 2.23. The molecule has 0 fully saturated rings. The minimum atomic E-state index is 0.698. The zero-order valence-electron chi connectivity index (χ0n) is 8.84. The molecule has 0 aliphatic rings. The molecule has 0 bridgehead atoms. The summed E-state index contributed by atoms with van der Waals surface area (Å²) in [4.78, 5) is 0. The molecule has 0 saturated carbocycles. The number of fused-ring (bicyclic) bond motifs is 1. The third kappa shape index (κ3) is 1.86. The first-order valence-corrected chi connectivity index (χ1v) is 6.18. The standard InChI is InChI=1S/C12H9IN4/c13-9-3-1-8(2-4-9)12-16-15-11-6-5-10(14)7-17(11)12/h1-7H,14H2. The highest BCUT2D eigenvalue weighted by Crippen LogP contribution is 2.20. The van der Waals surface area contributed by atoms with Gasteiger partial charge in [0.05, 0.1) is 0 Å². The summed E-state index contributed by atoms with van der Waals surface area (Å²) in [6, 6.07) is 11.8. The summed E-state index contributed by atoms with van der Waals surface area (Å²) in [6.45, 7) is 0. The van der Waals surface area contributed by atoms with E-state index in [-0.39, 0.29) is 0 Å². The van der Waals surface area contributed by atoms with Crippen LogP contribution in [0.1, 0.15) is 0 Å². The minimum absolute atomic E-state index is 0.698. The maximum Gasteiger partial charge on any atom is 0.168 e. The van der Waals surface area contributed by atoms with Crippen molar-refractivity contribution in [1.29, 1.82) is 0 Å². The molecule has 5 heteroatoms. The van der Waals surface area contributed by atoms with E-state index in [9.17, 15) is 0 Å². The Labute approximate surface area is 112 Å². The molecular weight excluding hydrogens is 327 g/mol. The summed E-state index contributed by atoms with van der Waals surface area (Å²) in [5.74, 6) is 0.809. The van der Waals surface area contributed by atoms with Crippen LogP contribution in [0.2, 0.25) is 0 Å². The third-order valence-electron chi connectivity index (χ3n) is 2.53. The smallest absolute Gasteiger partial charge is 0.168 e. The van der Waals surface area contributed by atoms with Crippen molar-refractivity contribution in [3.63, 3.8) is 0 Å². The van der Waals surface area contributed by atoms with Crippen LogP contribution in [0.3, 0.4) is 0 Å². The van der Waals surface area contributed by atoms with Crippen LogP contribution in [0.15, 0.2) is 42.6 Å². The lowest BCUT2D eigenvalue weighted by Gasteiger charge is -2.01. The van der Waals surface area contributed by atoms with Crippen LogP contribution in [0.5, 0.6) is 0 Å². The molecular formula is C12H9IN4. The van der Waals surface area contributed by atoms with Gasteiger partial charge in [-0.25, -0.2) is 0 Å². The number of halogens is 1. The van der Waals surface area contributed by atoms with Crippen LogP contribution in [-0.4, -0.2) is 14.6 Å². The molecule has 0 saturated heterocycles. The van der Waals surface area contributed by atoms with E-state index >= 15 is 0 Å². The average molecular weight is 336 g/mol. The monoisotopic (exact) mass is 336 g/mol. The van der Waals surface area contributed by atoms with Crippen molar-refractivity contribution in [2.24, 2.45) is 0 Å². The number of rotatable bonds is 1. The summed E-state index contributed by atoms with van der Waals surface area (Å²) < 4.78 is 3.09. The number of benzene rings is 1. The van der Waals surface area contributed by atoms with E-state index in [0.717, 1.165) is 17.0 Å². The summed E-state index contributed by atoms with van der Waals surface area (Å²) in [7, 11) is 0. The molecule has 4 nitrogen and oxygen atoms in total. The van der Waals surface area contributed by atoms with Gasteiger partial charge in [0.25, 0.3) is 0 Å². The van der Waals surface area contributed by atoms with Gasteiger partial charge in [0, 0.05) is 21.0 Å². The van der Waals surface area contributed by atoms with Crippen molar-refractivity contribution in [3.05, 3.63) is 46.2 Å². The van der Waals surface area contributed by atoms with Crippen molar-refractivity contribution >= 4 is 33.9 Å². The largest absolute Gasteiger partial charge is 0.398 e. The molecule has 0 aliphatic heterocycles.